The van der Waals surface area contributed by atoms with Crippen molar-refractivity contribution in [2.75, 3.05) is 47.5 Å². The zero-order chi connectivity index (χ0) is 49.2. The van der Waals surface area contributed by atoms with Gasteiger partial charge in [0.05, 0.1) is 27.7 Å². The summed E-state index contributed by atoms with van der Waals surface area (Å²) in [4.78, 5) is 35.6. The summed E-state index contributed by atoms with van der Waals surface area (Å²) in [6.45, 7) is 4.29. The van der Waals surface area contributed by atoms with Gasteiger partial charge in [0, 0.05) is 12.8 Å². The number of hydrogen-bond acceptors (Lipinski definition) is 7. The van der Waals surface area contributed by atoms with Crippen LogP contribution in [0.15, 0.2) is 72.9 Å². The molecular formula is C57H103NO8P+. The smallest absolute Gasteiger partial charge is 0.462 e. The van der Waals surface area contributed by atoms with Crippen LogP contribution in [0.3, 0.4) is 0 Å². The molecule has 0 aliphatic heterocycles. The molecule has 2 atom stereocenters. The van der Waals surface area contributed by atoms with Crippen LogP contribution in [0.25, 0.3) is 0 Å². The van der Waals surface area contributed by atoms with Crippen LogP contribution in [-0.4, -0.2) is 74.9 Å². The summed E-state index contributed by atoms with van der Waals surface area (Å²) in [5.41, 5.74) is 0. The molecule has 0 heterocycles. The van der Waals surface area contributed by atoms with E-state index in [4.69, 9.17) is 18.5 Å². The van der Waals surface area contributed by atoms with Crippen LogP contribution in [0.2, 0.25) is 0 Å². The van der Waals surface area contributed by atoms with Gasteiger partial charge in [-0.1, -0.05) is 202 Å². The quantitative estimate of drug-likeness (QED) is 0.0211. The summed E-state index contributed by atoms with van der Waals surface area (Å²) in [5.74, 6) is -0.813. The molecule has 0 aromatic carbocycles. The Morgan fingerprint density at radius 1 is 0.478 bits per heavy atom. The number of phosphoric acid groups is 1. The van der Waals surface area contributed by atoms with E-state index < -0.39 is 26.5 Å². The average Bonchev–Trinajstić information content (AvgIpc) is 3.29. The predicted molar refractivity (Wildman–Crippen MR) is 284 cm³/mol. The number of esters is 2. The van der Waals surface area contributed by atoms with E-state index in [1.54, 1.807) is 0 Å². The number of ether oxygens (including phenoxy) is 2. The highest BCUT2D eigenvalue weighted by Crippen LogP contribution is 2.43. The Morgan fingerprint density at radius 2 is 0.851 bits per heavy atom. The van der Waals surface area contributed by atoms with Crippen molar-refractivity contribution < 1.29 is 42.1 Å². The molecule has 0 bridgehead atoms. The van der Waals surface area contributed by atoms with Gasteiger partial charge >= 0.3 is 19.8 Å². The Labute approximate surface area is 412 Å². The molecular weight excluding hydrogens is 858 g/mol. The van der Waals surface area contributed by atoms with Crippen molar-refractivity contribution in [1.82, 2.24) is 0 Å². The second-order valence-electron chi connectivity index (χ2n) is 19.2. The normalized spacial score (nSPS) is 13.9. The molecule has 0 radical (unpaired) electrons. The number of carbonyl (C=O) groups excluding carboxylic acids is 2. The van der Waals surface area contributed by atoms with E-state index in [9.17, 15) is 19.0 Å². The Kier molecular flexibility index (Phi) is 46.6. The zero-order valence-electron chi connectivity index (χ0n) is 43.9. The van der Waals surface area contributed by atoms with Gasteiger partial charge in [-0.05, 0) is 83.5 Å². The van der Waals surface area contributed by atoms with E-state index in [1.165, 1.54) is 103 Å². The van der Waals surface area contributed by atoms with Crippen LogP contribution in [-0.2, 0) is 32.7 Å². The van der Waals surface area contributed by atoms with Gasteiger partial charge in [0.1, 0.15) is 19.8 Å². The highest BCUT2D eigenvalue weighted by atomic mass is 31.2. The molecule has 0 amide bonds. The van der Waals surface area contributed by atoms with E-state index in [1.807, 2.05) is 21.1 Å². The highest BCUT2D eigenvalue weighted by molar-refractivity contribution is 7.47. The highest BCUT2D eigenvalue weighted by Gasteiger charge is 2.27. The van der Waals surface area contributed by atoms with E-state index in [-0.39, 0.29) is 32.0 Å². The van der Waals surface area contributed by atoms with Gasteiger partial charge in [0.2, 0.25) is 0 Å². The van der Waals surface area contributed by atoms with Crippen LogP contribution in [0, 0.1) is 0 Å². The lowest BCUT2D eigenvalue weighted by Crippen LogP contribution is -2.37. The van der Waals surface area contributed by atoms with Crippen molar-refractivity contribution in [3.05, 3.63) is 72.9 Å². The Morgan fingerprint density at radius 3 is 1.27 bits per heavy atom. The van der Waals surface area contributed by atoms with Crippen molar-refractivity contribution in [3.63, 3.8) is 0 Å². The Balaban J connectivity index is 4.18. The monoisotopic (exact) mass is 961 g/mol. The number of unbranched alkanes of at least 4 members (excludes halogenated alkanes) is 23. The van der Waals surface area contributed by atoms with Crippen LogP contribution in [0.4, 0.5) is 0 Å². The first kappa shape index (κ1) is 64.5. The summed E-state index contributed by atoms with van der Waals surface area (Å²) in [5, 5.41) is 0. The predicted octanol–water partition coefficient (Wildman–Crippen LogP) is 16.5. The molecule has 0 rings (SSSR count). The summed E-state index contributed by atoms with van der Waals surface area (Å²) in [7, 11) is 1.46. The van der Waals surface area contributed by atoms with Gasteiger partial charge in [-0.2, -0.15) is 0 Å². The molecule has 0 aromatic heterocycles. The number of hydrogen-bond donors (Lipinski definition) is 1. The molecule has 0 aliphatic carbocycles. The van der Waals surface area contributed by atoms with E-state index in [0.717, 1.165) is 89.9 Å². The number of allylic oxidation sites excluding steroid dienone is 12. The minimum atomic E-state index is -4.39. The molecule has 9 nitrogen and oxygen atoms in total. The third-order valence-electron chi connectivity index (χ3n) is 11.5. The van der Waals surface area contributed by atoms with Crippen molar-refractivity contribution in [1.29, 1.82) is 0 Å². The number of nitrogens with zero attached hydrogens (tertiary/aromatic N) is 1. The number of quaternary nitrogens is 1. The summed E-state index contributed by atoms with van der Waals surface area (Å²) in [6.07, 6.45) is 62.5. The Bertz CT molecular complexity index is 1360. The van der Waals surface area contributed by atoms with Gasteiger partial charge in [0.15, 0.2) is 6.10 Å². The molecule has 0 aliphatic rings. The molecule has 0 fully saturated rings. The van der Waals surface area contributed by atoms with Gasteiger partial charge in [-0.25, -0.2) is 4.57 Å². The van der Waals surface area contributed by atoms with Gasteiger partial charge in [-0.15, -0.1) is 0 Å². The SMILES string of the molecule is CC/C=C\C/C=C\C/C=C\C/C=C\CCCCCCCCCCCCCCCCC(=O)OC(COC(=O)CCCCCCC/C=C\C/C=C\CCCCCC)COP(=O)(O)OCC[N+](C)(C)C. The van der Waals surface area contributed by atoms with Crippen LogP contribution < -0.4 is 0 Å². The van der Waals surface area contributed by atoms with Crippen molar-refractivity contribution in [2.45, 2.75) is 232 Å². The maximum atomic E-state index is 12.8. The Hall–Kier alpha value is -2.55. The molecule has 0 aromatic rings. The minimum absolute atomic E-state index is 0.0271. The number of rotatable bonds is 49. The summed E-state index contributed by atoms with van der Waals surface area (Å²) in [6, 6.07) is 0. The van der Waals surface area contributed by atoms with Crippen molar-refractivity contribution in [3.8, 4) is 0 Å². The van der Waals surface area contributed by atoms with Crippen molar-refractivity contribution >= 4 is 19.8 Å². The fraction of sp³-hybridized carbons (Fsp3) is 0.754. The average molecular weight is 961 g/mol. The number of carbonyl (C=O) groups is 2. The van der Waals surface area contributed by atoms with Crippen molar-refractivity contribution in [2.24, 2.45) is 0 Å². The largest absolute Gasteiger partial charge is 0.472 e. The topological polar surface area (TPSA) is 108 Å². The fourth-order valence-electron chi connectivity index (χ4n) is 7.27. The number of likely N-dealkylation sites (N-methyl/N-ethyl adjacent to an activating group) is 1. The molecule has 2 unspecified atom stereocenters. The first-order chi connectivity index (χ1) is 32.5. The summed E-state index contributed by atoms with van der Waals surface area (Å²) < 4.78 is 34.5. The van der Waals surface area contributed by atoms with Gasteiger partial charge in [-0.3, -0.25) is 18.6 Å². The van der Waals surface area contributed by atoms with Gasteiger partial charge < -0.3 is 18.9 Å². The third-order valence-corrected chi connectivity index (χ3v) is 12.5. The first-order valence-electron chi connectivity index (χ1n) is 27.2. The second-order valence-corrected chi connectivity index (χ2v) is 20.7. The van der Waals surface area contributed by atoms with E-state index in [2.05, 4.69) is 86.8 Å². The molecule has 10 heteroatoms. The number of phosphoric ester groups is 1. The minimum Gasteiger partial charge on any atom is -0.462 e. The second kappa shape index (κ2) is 48.5. The first-order valence-corrected chi connectivity index (χ1v) is 28.7. The maximum absolute atomic E-state index is 12.8. The lowest BCUT2D eigenvalue weighted by Gasteiger charge is -2.24. The molecule has 0 saturated carbocycles. The van der Waals surface area contributed by atoms with E-state index in [0.29, 0.717) is 17.4 Å². The molecule has 0 spiro atoms. The standard InChI is InChI=1S/C57H102NO8P/c1-6-8-10-12-14-16-18-20-22-24-25-26-27-28-29-30-31-32-33-34-36-38-40-42-44-46-48-50-57(60)66-55(54-65-67(61,62)64-52-51-58(3,4)5)53-63-56(59)49-47-45-43-41-39-37-35-23-21-19-17-15-13-11-9-7-2/h8,10,14,16-17,19-20,22-23,25-26,35,55H,6-7,9,11-13,15,18,21,24,27-34,36-54H2,1-5H3/p+1/b10-8-,16-14-,19-17-,22-20-,26-25-,35-23-. The van der Waals surface area contributed by atoms with Crippen LogP contribution >= 0.6 is 7.82 Å². The molecule has 1 N–H and O–H groups in total. The van der Waals surface area contributed by atoms with Crippen LogP contribution in [0.5, 0.6) is 0 Å². The lowest BCUT2D eigenvalue weighted by molar-refractivity contribution is -0.870. The van der Waals surface area contributed by atoms with Crippen LogP contribution in [0.1, 0.15) is 226 Å². The summed E-state index contributed by atoms with van der Waals surface area (Å²) >= 11 is 0. The van der Waals surface area contributed by atoms with Gasteiger partial charge in [0.25, 0.3) is 0 Å². The third kappa shape index (κ3) is 52.7. The fourth-order valence-corrected chi connectivity index (χ4v) is 8.01. The molecule has 388 valence electrons. The van der Waals surface area contributed by atoms with E-state index >= 15 is 0 Å². The molecule has 67 heavy (non-hydrogen) atoms. The maximum Gasteiger partial charge on any atom is 0.472 e. The zero-order valence-corrected chi connectivity index (χ0v) is 44.8. The molecule has 0 saturated heterocycles. The lowest BCUT2D eigenvalue weighted by atomic mass is 10.0.